The van der Waals surface area contributed by atoms with Gasteiger partial charge in [-0.3, -0.25) is 4.79 Å². The molecular weight excluding hydrogens is 346 g/mol. The van der Waals surface area contributed by atoms with Crippen LogP contribution in [0.5, 0.6) is 11.5 Å². The third kappa shape index (κ3) is 5.34. The van der Waals surface area contributed by atoms with Crippen LogP contribution in [0, 0.1) is 5.92 Å². The van der Waals surface area contributed by atoms with Gasteiger partial charge < -0.3 is 19.9 Å². The summed E-state index contributed by atoms with van der Waals surface area (Å²) in [6.45, 7) is 0.677. The molecule has 0 bridgehead atoms. The van der Waals surface area contributed by atoms with Crippen LogP contribution in [0.2, 0.25) is 0 Å². The molecule has 1 aliphatic carbocycles. The number of hydrogen-bond donors (Lipinski definition) is 2. The summed E-state index contributed by atoms with van der Waals surface area (Å²) >= 11 is 0. The van der Waals surface area contributed by atoms with E-state index in [4.69, 9.17) is 14.6 Å². The van der Waals surface area contributed by atoms with Crippen LogP contribution in [-0.4, -0.2) is 30.7 Å². The van der Waals surface area contributed by atoms with E-state index in [0.29, 0.717) is 29.7 Å². The Hall–Kier alpha value is -3.28. The van der Waals surface area contributed by atoms with Crippen LogP contribution in [0.15, 0.2) is 48.5 Å². The van der Waals surface area contributed by atoms with Crippen molar-refractivity contribution in [2.45, 2.75) is 12.8 Å². The van der Waals surface area contributed by atoms with Crippen molar-refractivity contribution in [3.8, 4) is 11.5 Å². The maximum atomic E-state index is 12.1. The Labute approximate surface area is 157 Å². The van der Waals surface area contributed by atoms with Crippen molar-refractivity contribution in [1.29, 1.82) is 0 Å². The van der Waals surface area contributed by atoms with Gasteiger partial charge in [0.1, 0.15) is 0 Å². The summed E-state index contributed by atoms with van der Waals surface area (Å²) in [5.41, 5.74) is 1.51. The van der Waals surface area contributed by atoms with Gasteiger partial charge in [-0.15, -0.1) is 0 Å². The summed E-state index contributed by atoms with van der Waals surface area (Å²) in [6, 6.07) is 11.5. The van der Waals surface area contributed by atoms with Crippen LogP contribution >= 0.6 is 0 Å². The summed E-state index contributed by atoms with van der Waals surface area (Å²) in [6.07, 6.45) is 5.51. The SMILES string of the molecule is COc1ccc(/C=C/C(=O)Nc2ccc(C(=O)O)cc2)cc1OCC1CC1. The van der Waals surface area contributed by atoms with Crippen LogP contribution in [0.3, 0.4) is 0 Å². The molecule has 0 aliphatic heterocycles. The van der Waals surface area contributed by atoms with E-state index in [1.54, 1.807) is 25.3 Å². The van der Waals surface area contributed by atoms with Gasteiger partial charge in [0.15, 0.2) is 11.5 Å². The van der Waals surface area contributed by atoms with E-state index in [9.17, 15) is 9.59 Å². The first-order valence-electron chi connectivity index (χ1n) is 8.68. The predicted molar refractivity (Wildman–Crippen MR) is 102 cm³/mol. The van der Waals surface area contributed by atoms with Crippen molar-refractivity contribution in [1.82, 2.24) is 0 Å². The number of carbonyl (C=O) groups excluding carboxylic acids is 1. The van der Waals surface area contributed by atoms with Gasteiger partial charge in [-0.1, -0.05) is 6.07 Å². The van der Waals surface area contributed by atoms with Gasteiger partial charge in [0, 0.05) is 11.8 Å². The minimum Gasteiger partial charge on any atom is -0.493 e. The number of nitrogens with one attached hydrogen (secondary N) is 1. The summed E-state index contributed by atoms with van der Waals surface area (Å²) in [4.78, 5) is 22.9. The lowest BCUT2D eigenvalue weighted by Gasteiger charge is -2.11. The molecule has 3 rings (SSSR count). The van der Waals surface area contributed by atoms with Crippen LogP contribution < -0.4 is 14.8 Å². The molecule has 2 aromatic rings. The molecule has 0 saturated heterocycles. The zero-order valence-electron chi connectivity index (χ0n) is 15.0. The highest BCUT2D eigenvalue weighted by Crippen LogP contribution is 2.33. The molecule has 140 valence electrons. The van der Waals surface area contributed by atoms with Crippen molar-refractivity contribution in [2.75, 3.05) is 19.0 Å². The van der Waals surface area contributed by atoms with Gasteiger partial charge in [0.25, 0.3) is 0 Å². The number of carboxylic acid groups (broad SMARTS) is 1. The average molecular weight is 367 g/mol. The van der Waals surface area contributed by atoms with Gasteiger partial charge in [0.05, 0.1) is 19.3 Å². The second kappa shape index (κ2) is 8.40. The molecule has 0 spiro atoms. The number of benzene rings is 2. The highest BCUT2D eigenvalue weighted by Gasteiger charge is 2.22. The lowest BCUT2D eigenvalue weighted by molar-refractivity contribution is -0.111. The second-order valence-corrected chi connectivity index (χ2v) is 6.37. The molecule has 0 atom stereocenters. The molecule has 2 N–H and O–H groups in total. The fourth-order valence-corrected chi connectivity index (χ4v) is 2.45. The number of ether oxygens (including phenoxy) is 2. The van der Waals surface area contributed by atoms with Gasteiger partial charge in [-0.2, -0.15) is 0 Å². The van der Waals surface area contributed by atoms with Crippen molar-refractivity contribution >= 4 is 23.6 Å². The lowest BCUT2D eigenvalue weighted by atomic mass is 10.2. The number of rotatable bonds is 8. The van der Waals surface area contributed by atoms with Gasteiger partial charge >= 0.3 is 5.97 Å². The molecule has 1 aliphatic rings. The van der Waals surface area contributed by atoms with Crippen LogP contribution in [-0.2, 0) is 4.79 Å². The van der Waals surface area contributed by atoms with E-state index < -0.39 is 5.97 Å². The molecule has 0 heterocycles. The molecule has 0 unspecified atom stereocenters. The van der Waals surface area contributed by atoms with E-state index in [1.165, 1.54) is 31.1 Å². The Kier molecular flexibility index (Phi) is 5.76. The first-order valence-corrected chi connectivity index (χ1v) is 8.68. The normalized spacial score (nSPS) is 13.4. The van der Waals surface area contributed by atoms with E-state index in [2.05, 4.69) is 5.32 Å². The summed E-state index contributed by atoms with van der Waals surface area (Å²) in [7, 11) is 1.60. The second-order valence-electron chi connectivity index (χ2n) is 6.37. The molecule has 0 aromatic heterocycles. The number of aromatic carboxylic acids is 1. The zero-order chi connectivity index (χ0) is 19.2. The van der Waals surface area contributed by atoms with Gasteiger partial charge in [0.2, 0.25) is 5.91 Å². The predicted octanol–water partition coefficient (Wildman–Crippen LogP) is 3.83. The smallest absolute Gasteiger partial charge is 0.335 e. The Bertz CT molecular complexity index is 853. The summed E-state index contributed by atoms with van der Waals surface area (Å²) in [5.74, 6) is 0.639. The summed E-state index contributed by atoms with van der Waals surface area (Å²) < 4.78 is 11.1. The van der Waals surface area contributed by atoms with Crippen LogP contribution in [0.25, 0.3) is 6.08 Å². The van der Waals surface area contributed by atoms with Crippen molar-refractivity contribution in [2.24, 2.45) is 5.92 Å². The quantitative estimate of drug-likeness (QED) is 0.693. The van der Waals surface area contributed by atoms with Gasteiger partial charge in [-0.05, 0) is 66.8 Å². The maximum absolute atomic E-state index is 12.1. The zero-order valence-corrected chi connectivity index (χ0v) is 15.0. The number of hydrogen-bond acceptors (Lipinski definition) is 4. The first-order chi connectivity index (χ1) is 13.0. The fourth-order valence-electron chi connectivity index (χ4n) is 2.45. The van der Waals surface area contributed by atoms with E-state index in [-0.39, 0.29) is 11.5 Å². The first kappa shape index (κ1) is 18.5. The minimum atomic E-state index is -1.01. The van der Waals surface area contributed by atoms with Crippen LogP contribution in [0.1, 0.15) is 28.8 Å². The third-order valence-electron chi connectivity index (χ3n) is 4.19. The Morgan fingerprint density at radius 1 is 1.15 bits per heavy atom. The van der Waals surface area contributed by atoms with E-state index >= 15 is 0 Å². The number of carbonyl (C=O) groups is 2. The van der Waals surface area contributed by atoms with E-state index in [1.807, 2.05) is 18.2 Å². The van der Waals surface area contributed by atoms with E-state index in [0.717, 1.165) is 5.56 Å². The molecule has 0 radical (unpaired) electrons. The Morgan fingerprint density at radius 2 is 1.89 bits per heavy atom. The molecule has 6 nitrogen and oxygen atoms in total. The Balaban J connectivity index is 1.62. The summed E-state index contributed by atoms with van der Waals surface area (Å²) in [5, 5.41) is 11.6. The van der Waals surface area contributed by atoms with Crippen LogP contribution in [0.4, 0.5) is 5.69 Å². The molecule has 27 heavy (non-hydrogen) atoms. The molecule has 1 saturated carbocycles. The topological polar surface area (TPSA) is 84.9 Å². The monoisotopic (exact) mass is 367 g/mol. The van der Waals surface area contributed by atoms with Crippen molar-refractivity contribution in [3.05, 3.63) is 59.7 Å². The largest absolute Gasteiger partial charge is 0.493 e. The fraction of sp³-hybridized carbons (Fsp3) is 0.238. The minimum absolute atomic E-state index is 0.167. The molecule has 1 amide bonds. The maximum Gasteiger partial charge on any atom is 0.335 e. The number of amides is 1. The standard InChI is InChI=1S/C21H21NO5/c1-26-18-10-4-14(12-19(18)27-13-15-2-3-15)5-11-20(23)22-17-8-6-16(7-9-17)21(24)25/h4-12,15H,2-3,13H2,1H3,(H,22,23)(H,24,25)/b11-5+. The number of carboxylic acids is 1. The highest BCUT2D eigenvalue weighted by atomic mass is 16.5. The third-order valence-corrected chi connectivity index (χ3v) is 4.19. The molecular formula is C21H21NO5. The number of methoxy groups -OCH3 is 1. The average Bonchev–Trinajstić information content (AvgIpc) is 3.49. The number of anilines is 1. The molecule has 6 heteroatoms. The highest BCUT2D eigenvalue weighted by molar-refractivity contribution is 6.02. The molecule has 2 aromatic carbocycles. The van der Waals surface area contributed by atoms with Gasteiger partial charge in [-0.25, -0.2) is 4.79 Å². The Morgan fingerprint density at radius 3 is 2.52 bits per heavy atom. The molecule has 1 fully saturated rings. The van der Waals surface area contributed by atoms with Crippen molar-refractivity contribution < 1.29 is 24.2 Å². The lowest BCUT2D eigenvalue weighted by Crippen LogP contribution is -2.08. The van der Waals surface area contributed by atoms with Crippen molar-refractivity contribution in [3.63, 3.8) is 0 Å².